The number of aliphatic hydroxyl groups excluding tert-OH is 2. The fourth-order valence-corrected chi connectivity index (χ4v) is 11.9. The Balaban J connectivity index is 1.04. The Labute approximate surface area is 363 Å². The highest BCUT2D eigenvalue weighted by molar-refractivity contribution is 5.83. The molecule has 4 saturated carbocycles. The van der Waals surface area contributed by atoms with Gasteiger partial charge in [0, 0.05) is 19.4 Å². The first-order chi connectivity index (χ1) is 28.9. The summed E-state index contributed by atoms with van der Waals surface area (Å²) in [5.41, 5.74) is 0.347. The fourth-order valence-electron chi connectivity index (χ4n) is 11.9. The molecule has 0 heterocycles. The lowest BCUT2D eigenvalue weighted by Gasteiger charge is -2.62. The zero-order valence-electron chi connectivity index (χ0n) is 37.7. The standard InChI is InChI=1S/C52H82N2O6/c1-5-6-7-8-9-10-11-12-13-14-15-16-17-18-19-20-21-22-23-27-47(57)53-36-25-24-26-45(50(59)60)54-48(58)31-28-39(2)42-29-30-43-49-44(33-35-52(42,43)4)51(3)34-32-41(55)37-40(51)38-46(49)56/h6-7,9-10,12-13,15-16,18-19,21-22,39-46,49,55-56H,5,8,11,14,17,20,23-38H2,1-4H3,(H,53,57)(H,54,58)(H,59,60)/b7-6-,10-9-,13-12-,16-15-,19-18-,22-21-/t39-,40+,41-,42?,43+,44+,45?,46-,49+,51+,52-/m1/s1. The zero-order valence-corrected chi connectivity index (χ0v) is 37.7. The number of hydrogen-bond donors (Lipinski definition) is 5. The van der Waals surface area contributed by atoms with Gasteiger partial charge in [-0.1, -0.05) is 101 Å². The molecule has 4 rings (SSSR count). The number of aliphatic hydroxyl groups is 2. The van der Waals surface area contributed by atoms with Crippen molar-refractivity contribution in [1.82, 2.24) is 10.6 Å². The van der Waals surface area contributed by atoms with Crippen molar-refractivity contribution in [1.29, 1.82) is 0 Å². The molecule has 0 aromatic heterocycles. The molecule has 8 nitrogen and oxygen atoms in total. The number of amides is 2. The van der Waals surface area contributed by atoms with Crippen molar-refractivity contribution in [3.05, 3.63) is 72.9 Å². The number of carbonyl (C=O) groups is 3. The van der Waals surface area contributed by atoms with Crippen LogP contribution in [0, 0.1) is 46.3 Å². The SMILES string of the molecule is CC/C=C\C/C=C\C/C=C\C/C=C\C/C=C\C/C=C\CCC(=O)NCCCCC(NC(=O)CC[C@@H](C)C1CC[C@H]2[C@@H]3[C@H](O)C[C@@H]4C[C@H](O)CC[C@]4(C)[C@H]3CC[C@]12C)C(=O)O. The van der Waals surface area contributed by atoms with E-state index in [0.717, 1.165) is 96.3 Å². The van der Waals surface area contributed by atoms with Gasteiger partial charge in [0.25, 0.3) is 0 Å². The van der Waals surface area contributed by atoms with Gasteiger partial charge in [0.15, 0.2) is 0 Å². The van der Waals surface area contributed by atoms with Crippen molar-refractivity contribution in [2.24, 2.45) is 46.3 Å². The van der Waals surface area contributed by atoms with E-state index >= 15 is 0 Å². The Morgan fingerprint density at radius 3 is 1.88 bits per heavy atom. The molecule has 336 valence electrons. The molecule has 0 radical (unpaired) electrons. The van der Waals surface area contributed by atoms with E-state index < -0.39 is 12.0 Å². The second kappa shape index (κ2) is 25.6. The summed E-state index contributed by atoms with van der Waals surface area (Å²) in [5.74, 6) is 1.31. The average Bonchev–Trinajstić information content (AvgIpc) is 3.58. The van der Waals surface area contributed by atoms with Crippen LogP contribution in [-0.4, -0.2) is 57.9 Å². The van der Waals surface area contributed by atoms with Gasteiger partial charge in [0.05, 0.1) is 12.2 Å². The number of fused-ring (bicyclic) bond motifs is 5. The van der Waals surface area contributed by atoms with Gasteiger partial charge in [-0.05, 0) is 168 Å². The van der Waals surface area contributed by atoms with Crippen molar-refractivity contribution in [3.63, 3.8) is 0 Å². The van der Waals surface area contributed by atoms with Gasteiger partial charge in [-0.25, -0.2) is 4.79 Å². The summed E-state index contributed by atoms with van der Waals surface area (Å²) in [7, 11) is 0. The molecule has 0 bridgehead atoms. The number of allylic oxidation sites excluding steroid dienone is 12. The molecule has 11 atom stereocenters. The summed E-state index contributed by atoms with van der Waals surface area (Å²) in [4.78, 5) is 37.4. The van der Waals surface area contributed by atoms with Crippen LogP contribution in [-0.2, 0) is 14.4 Å². The van der Waals surface area contributed by atoms with Crippen LogP contribution in [0.15, 0.2) is 72.9 Å². The van der Waals surface area contributed by atoms with Crippen LogP contribution in [0.4, 0.5) is 0 Å². The van der Waals surface area contributed by atoms with Crippen molar-refractivity contribution >= 4 is 17.8 Å². The molecule has 0 spiro atoms. The highest BCUT2D eigenvalue weighted by Gasteiger charge is 2.62. The normalized spacial score (nSPS) is 31.6. The second-order valence-corrected chi connectivity index (χ2v) is 19.2. The number of carboxylic acid groups (broad SMARTS) is 1. The van der Waals surface area contributed by atoms with Crippen LogP contribution in [0.3, 0.4) is 0 Å². The van der Waals surface area contributed by atoms with Gasteiger partial charge in [-0.2, -0.15) is 0 Å². The van der Waals surface area contributed by atoms with Crippen molar-refractivity contribution in [2.75, 3.05) is 6.54 Å². The lowest BCUT2D eigenvalue weighted by atomic mass is 9.43. The van der Waals surface area contributed by atoms with E-state index in [2.05, 4.69) is 105 Å². The Bertz CT molecular complexity index is 1510. The monoisotopic (exact) mass is 831 g/mol. The van der Waals surface area contributed by atoms with Gasteiger partial charge in [-0.3, -0.25) is 9.59 Å². The van der Waals surface area contributed by atoms with Gasteiger partial charge in [0.1, 0.15) is 6.04 Å². The van der Waals surface area contributed by atoms with Crippen LogP contribution in [0.1, 0.15) is 163 Å². The number of hydrogen-bond acceptors (Lipinski definition) is 5. The van der Waals surface area contributed by atoms with Crippen LogP contribution in [0.25, 0.3) is 0 Å². The molecule has 2 unspecified atom stereocenters. The van der Waals surface area contributed by atoms with E-state index in [4.69, 9.17) is 0 Å². The van der Waals surface area contributed by atoms with E-state index in [1.165, 1.54) is 0 Å². The summed E-state index contributed by atoms with van der Waals surface area (Å²) < 4.78 is 0. The first kappa shape index (κ1) is 49.4. The van der Waals surface area contributed by atoms with E-state index in [0.29, 0.717) is 80.6 Å². The van der Waals surface area contributed by atoms with Crippen LogP contribution in [0.5, 0.6) is 0 Å². The van der Waals surface area contributed by atoms with Crippen molar-refractivity contribution in [2.45, 2.75) is 181 Å². The second-order valence-electron chi connectivity index (χ2n) is 19.2. The molecule has 0 aliphatic heterocycles. The van der Waals surface area contributed by atoms with Crippen LogP contribution < -0.4 is 10.6 Å². The molecule has 5 N–H and O–H groups in total. The van der Waals surface area contributed by atoms with E-state index in [9.17, 15) is 29.7 Å². The Hall–Kier alpha value is -3.23. The van der Waals surface area contributed by atoms with Gasteiger partial charge < -0.3 is 26.0 Å². The summed E-state index contributed by atoms with van der Waals surface area (Å²) in [6.07, 6.45) is 43.1. The summed E-state index contributed by atoms with van der Waals surface area (Å²) >= 11 is 0. The lowest BCUT2D eigenvalue weighted by molar-refractivity contribution is -0.174. The highest BCUT2D eigenvalue weighted by atomic mass is 16.4. The maximum Gasteiger partial charge on any atom is 0.326 e. The molecule has 4 aliphatic carbocycles. The van der Waals surface area contributed by atoms with Crippen molar-refractivity contribution in [3.8, 4) is 0 Å². The molecule has 0 aromatic carbocycles. The highest BCUT2D eigenvalue weighted by Crippen LogP contribution is 2.68. The molecule has 60 heavy (non-hydrogen) atoms. The number of unbranched alkanes of at least 4 members (excludes halogenated alkanes) is 1. The minimum atomic E-state index is -1.02. The smallest absolute Gasteiger partial charge is 0.326 e. The number of aliphatic carboxylic acids is 1. The zero-order chi connectivity index (χ0) is 43.4. The van der Waals surface area contributed by atoms with Crippen LogP contribution >= 0.6 is 0 Å². The molecule has 2 amide bonds. The molecule has 8 heteroatoms. The minimum Gasteiger partial charge on any atom is -0.480 e. The Morgan fingerprint density at radius 1 is 0.683 bits per heavy atom. The molecule has 4 aliphatic rings. The number of nitrogens with one attached hydrogen (secondary N) is 2. The van der Waals surface area contributed by atoms with Crippen LogP contribution in [0.2, 0.25) is 0 Å². The predicted molar refractivity (Wildman–Crippen MR) is 245 cm³/mol. The molecule has 0 saturated heterocycles. The Kier molecular flexibility index (Phi) is 21.1. The third-order valence-corrected chi connectivity index (χ3v) is 15.3. The molecule has 0 aromatic rings. The fraction of sp³-hybridized carbons (Fsp3) is 0.712. The summed E-state index contributed by atoms with van der Waals surface area (Å²) in [6, 6.07) is -0.931. The van der Waals surface area contributed by atoms with Gasteiger partial charge in [-0.15, -0.1) is 0 Å². The quantitative estimate of drug-likeness (QED) is 0.0459. The molecule has 4 fully saturated rings. The number of carbonyl (C=O) groups excluding carboxylic acids is 2. The minimum absolute atomic E-state index is 0.00924. The third-order valence-electron chi connectivity index (χ3n) is 15.3. The third kappa shape index (κ3) is 14.7. The lowest BCUT2D eigenvalue weighted by Crippen LogP contribution is -2.58. The predicted octanol–water partition coefficient (Wildman–Crippen LogP) is 10.7. The topological polar surface area (TPSA) is 136 Å². The molecular formula is C52H82N2O6. The maximum absolute atomic E-state index is 13.0. The Morgan fingerprint density at radius 2 is 1.27 bits per heavy atom. The van der Waals surface area contributed by atoms with Gasteiger partial charge >= 0.3 is 5.97 Å². The summed E-state index contributed by atoms with van der Waals surface area (Å²) in [5, 5.41) is 37.5. The van der Waals surface area contributed by atoms with E-state index in [-0.39, 0.29) is 34.9 Å². The van der Waals surface area contributed by atoms with Crippen molar-refractivity contribution < 1.29 is 29.7 Å². The van der Waals surface area contributed by atoms with Gasteiger partial charge in [0.2, 0.25) is 11.8 Å². The average molecular weight is 831 g/mol. The number of carboxylic acids is 1. The summed E-state index contributed by atoms with van der Waals surface area (Å²) in [6.45, 7) is 9.80. The first-order valence-electron chi connectivity index (χ1n) is 24.0. The largest absolute Gasteiger partial charge is 0.480 e. The molecular weight excluding hydrogens is 749 g/mol. The van der Waals surface area contributed by atoms with E-state index in [1.807, 2.05) is 6.08 Å². The number of rotatable bonds is 25. The first-order valence-corrected chi connectivity index (χ1v) is 24.0. The maximum atomic E-state index is 13.0. The van der Waals surface area contributed by atoms with E-state index in [1.54, 1.807) is 0 Å².